The van der Waals surface area contributed by atoms with E-state index in [9.17, 15) is 4.79 Å². The monoisotopic (exact) mass is 189 g/mol. The minimum atomic E-state index is -0.130. The summed E-state index contributed by atoms with van der Waals surface area (Å²) in [5, 5.41) is 2.96. The Morgan fingerprint density at radius 3 is 2.50 bits per heavy atom. The van der Waals surface area contributed by atoms with Crippen LogP contribution < -0.4 is 5.32 Å². The molecule has 74 valence electrons. The molecule has 1 saturated heterocycles. The van der Waals surface area contributed by atoms with E-state index >= 15 is 0 Å². The van der Waals surface area contributed by atoms with Gasteiger partial charge >= 0.3 is 0 Å². The maximum Gasteiger partial charge on any atom is 0.223 e. The van der Waals surface area contributed by atoms with Gasteiger partial charge in [-0.05, 0) is 31.9 Å². The van der Waals surface area contributed by atoms with Crippen LogP contribution >= 0.6 is 0 Å². The largest absolute Gasteiger partial charge is 0.346 e. The third-order valence-electron chi connectivity index (χ3n) is 2.91. The molecule has 1 aliphatic rings. The fourth-order valence-electron chi connectivity index (χ4n) is 2.21. The van der Waals surface area contributed by atoms with Crippen molar-refractivity contribution in [2.75, 3.05) is 0 Å². The first kappa shape index (κ1) is 9.25. The minimum absolute atomic E-state index is 0.130. The molecule has 0 bridgehead atoms. The first-order chi connectivity index (χ1) is 6.51. The highest BCUT2D eigenvalue weighted by Crippen LogP contribution is 2.33. The highest BCUT2D eigenvalue weighted by atomic mass is 16.2. The molecule has 1 aromatic carbocycles. The van der Waals surface area contributed by atoms with Gasteiger partial charge in [0.2, 0.25) is 5.91 Å². The molecule has 14 heavy (non-hydrogen) atoms. The fraction of sp³-hybridized carbons (Fsp3) is 0.417. The van der Waals surface area contributed by atoms with E-state index in [1.165, 1.54) is 16.7 Å². The topological polar surface area (TPSA) is 29.1 Å². The lowest BCUT2D eigenvalue weighted by molar-refractivity contribution is -0.132. The van der Waals surface area contributed by atoms with Crippen LogP contribution in [0.1, 0.15) is 30.0 Å². The van der Waals surface area contributed by atoms with Crippen molar-refractivity contribution < 1.29 is 4.79 Å². The summed E-state index contributed by atoms with van der Waals surface area (Å²) in [5.41, 5.74) is 3.63. The van der Waals surface area contributed by atoms with Crippen molar-refractivity contribution in [3.05, 3.63) is 34.9 Å². The molecule has 2 heteroatoms. The van der Waals surface area contributed by atoms with E-state index < -0.39 is 0 Å². The van der Waals surface area contributed by atoms with Gasteiger partial charge in [-0.25, -0.2) is 0 Å². The molecule has 1 unspecified atom stereocenters. The van der Waals surface area contributed by atoms with Crippen LogP contribution in [-0.2, 0) is 10.3 Å². The second kappa shape index (κ2) is 2.84. The molecule has 1 atom stereocenters. The molecule has 1 heterocycles. The van der Waals surface area contributed by atoms with Crippen LogP contribution in [0.25, 0.3) is 0 Å². The smallest absolute Gasteiger partial charge is 0.223 e. The summed E-state index contributed by atoms with van der Waals surface area (Å²) in [6.45, 7) is 6.25. The quantitative estimate of drug-likeness (QED) is 0.673. The molecule has 1 amide bonds. The third-order valence-corrected chi connectivity index (χ3v) is 2.91. The molecule has 1 fully saturated rings. The maximum atomic E-state index is 11.0. The molecule has 1 aliphatic heterocycles. The molecule has 0 radical (unpaired) electrons. The maximum absolute atomic E-state index is 11.0. The van der Waals surface area contributed by atoms with Gasteiger partial charge in [0.1, 0.15) is 0 Å². The van der Waals surface area contributed by atoms with Gasteiger partial charge in [-0.15, -0.1) is 0 Å². The van der Waals surface area contributed by atoms with Crippen molar-refractivity contribution in [1.29, 1.82) is 0 Å². The summed E-state index contributed by atoms with van der Waals surface area (Å²) in [4.78, 5) is 11.0. The molecule has 0 aromatic heterocycles. The summed E-state index contributed by atoms with van der Waals surface area (Å²) < 4.78 is 0. The third kappa shape index (κ3) is 1.31. The Morgan fingerprint density at radius 2 is 2.00 bits per heavy atom. The van der Waals surface area contributed by atoms with E-state index in [-0.39, 0.29) is 11.4 Å². The van der Waals surface area contributed by atoms with Gasteiger partial charge in [0, 0.05) is 0 Å². The van der Waals surface area contributed by atoms with Crippen LogP contribution in [0.4, 0.5) is 0 Å². The van der Waals surface area contributed by atoms with E-state index in [1.807, 2.05) is 0 Å². The van der Waals surface area contributed by atoms with Crippen LogP contribution in [0.3, 0.4) is 0 Å². The minimum Gasteiger partial charge on any atom is -0.346 e. The first-order valence-electron chi connectivity index (χ1n) is 4.90. The van der Waals surface area contributed by atoms with Crippen molar-refractivity contribution in [2.45, 2.75) is 32.7 Å². The van der Waals surface area contributed by atoms with Crippen LogP contribution in [0.5, 0.6) is 0 Å². The molecular formula is C12H15NO. The number of carbonyl (C=O) groups excluding carboxylic acids is 1. The standard InChI is InChI=1S/C12H15NO/c1-8-4-5-10(9(2)6-8)12(3)7-11(14)13-12/h4-6H,7H2,1-3H3,(H,13,14). The van der Waals surface area contributed by atoms with Gasteiger partial charge in [-0.1, -0.05) is 23.8 Å². The van der Waals surface area contributed by atoms with E-state index in [2.05, 4.69) is 44.3 Å². The summed E-state index contributed by atoms with van der Waals surface area (Å²) in [6, 6.07) is 6.37. The molecule has 1 aromatic rings. The van der Waals surface area contributed by atoms with Crippen LogP contribution in [0.15, 0.2) is 18.2 Å². The average Bonchev–Trinajstić information content (AvgIpc) is 2.00. The highest BCUT2D eigenvalue weighted by molar-refractivity contribution is 5.85. The Bertz CT molecular complexity index is 387. The lowest BCUT2D eigenvalue weighted by Crippen LogP contribution is -2.56. The van der Waals surface area contributed by atoms with Crippen LogP contribution in [0.2, 0.25) is 0 Å². The van der Waals surface area contributed by atoms with Crippen molar-refractivity contribution in [1.82, 2.24) is 5.32 Å². The van der Waals surface area contributed by atoms with Crippen molar-refractivity contribution >= 4 is 5.91 Å². The van der Waals surface area contributed by atoms with Crippen LogP contribution in [0, 0.1) is 13.8 Å². The second-order valence-corrected chi connectivity index (χ2v) is 4.38. The summed E-state index contributed by atoms with van der Waals surface area (Å²) in [6.07, 6.45) is 0.608. The average molecular weight is 189 g/mol. The number of hydrogen-bond donors (Lipinski definition) is 1. The van der Waals surface area contributed by atoms with Gasteiger partial charge in [0.15, 0.2) is 0 Å². The molecule has 0 spiro atoms. The number of rotatable bonds is 1. The Kier molecular flexibility index (Phi) is 1.88. The second-order valence-electron chi connectivity index (χ2n) is 4.38. The lowest BCUT2D eigenvalue weighted by atomic mass is 9.80. The lowest BCUT2D eigenvalue weighted by Gasteiger charge is -2.40. The molecule has 1 N–H and O–H groups in total. The zero-order valence-corrected chi connectivity index (χ0v) is 8.85. The molecule has 0 aliphatic carbocycles. The van der Waals surface area contributed by atoms with E-state index in [4.69, 9.17) is 0 Å². The van der Waals surface area contributed by atoms with Crippen LogP contribution in [-0.4, -0.2) is 5.91 Å². The summed E-state index contributed by atoms with van der Waals surface area (Å²) in [5.74, 6) is 0.146. The van der Waals surface area contributed by atoms with Gasteiger partial charge in [0.05, 0.1) is 12.0 Å². The van der Waals surface area contributed by atoms with Crippen molar-refractivity contribution in [3.8, 4) is 0 Å². The van der Waals surface area contributed by atoms with Crippen molar-refractivity contribution in [3.63, 3.8) is 0 Å². The van der Waals surface area contributed by atoms with Gasteiger partial charge in [-0.2, -0.15) is 0 Å². The molecule has 2 nitrogen and oxygen atoms in total. The zero-order valence-electron chi connectivity index (χ0n) is 8.85. The number of carbonyl (C=O) groups is 1. The number of β-lactam (4-membered cyclic amide) rings is 1. The Morgan fingerprint density at radius 1 is 1.36 bits per heavy atom. The SMILES string of the molecule is Cc1ccc(C2(C)CC(=O)N2)c(C)c1. The van der Waals surface area contributed by atoms with Gasteiger partial charge in [0.25, 0.3) is 0 Å². The zero-order chi connectivity index (χ0) is 10.3. The Hall–Kier alpha value is -1.31. The molecular weight excluding hydrogens is 174 g/mol. The number of nitrogens with one attached hydrogen (secondary N) is 1. The van der Waals surface area contributed by atoms with E-state index in [0.29, 0.717) is 6.42 Å². The van der Waals surface area contributed by atoms with E-state index in [0.717, 1.165) is 0 Å². The predicted molar refractivity (Wildman–Crippen MR) is 56.0 cm³/mol. The normalized spacial score (nSPS) is 25.5. The molecule has 2 rings (SSSR count). The Balaban J connectivity index is 2.37. The fourth-order valence-corrected chi connectivity index (χ4v) is 2.21. The first-order valence-corrected chi connectivity index (χ1v) is 4.90. The number of hydrogen-bond acceptors (Lipinski definition) is 1. The van der Waals surface area contributed by atoms with Gasteiger partial charge in [-0.3, -0.25) is 4.79 Å². The Labute approximate surface area is 84.3 Å². The number of benzene rings is 1. The van der Waals surface area contributed by atoms with Gasteiger partial charge < -0.3 is 5.32 Å². The highest BCUT2D eigenvalue weighted by Gasteiger charge is 2.40. The summed E-state index contributed by atoms with van der Waals surface area (Å²) >= 11 is 0. The van der Waals surface area contributed by atoms with E-state index in [1.54, 1.807) is 0 Å². The number of amides is 1. The molecule has 0 saturated carbocycles. The summed E-state index contributed by atoms with van der Waals surface area (Å²) in [7, 11) is 0. The predicted octanol–water partition coefficient (Wildman–Crippen LogP) is 2.04. The number of aryl methyl sites for hydroxylation is 2. The van der Waals surface area contributed by atoms with Crippen molar-refractivity contribution in [2.24, 2.45) is 0 Å².